The highest BCUT2D eigenvalue weighted by atomic mass is 15.3. The van der Waals surface area contributed by atoms with E-state index in [9.17, 15) is 0 Å². The summed E-state index contributed by atoms with van der Waals surface area (Å²) in [6.07, 6.45) is 5.58. The second-order valence-corrected chi connectivity index (χ2v) is 6.89. The van der Waals surface area contributed by atoms with Crippen LogP contribution in [0.2, 0.25) is 0 Å². The Bertz CT molecular complexity index is 705. The van der Waals surface area contributed by atoms with Gasteiger partial charge in [-0.25, -0.2) is 15.0 Å². The van der Waals surface area contributed by atoms with Crippen LogP contribution in [-0.2, 0) is 0 Å². The summed E-state index contributed by atoms with van der Waals surface area (Å²) in [7, 11) is 0. The first kappa shape index (κ1) is 16.1. The highest BCUT2D eigenvalue weighted by Crippen LogP contribution is 2.23. The number of anilines is 3. The van der Waals surface area contributed by atoms with E-state index in [4.69, 9.17) is 0 Å². The van der Waals surface area contributed by atoms with E-state index in [1.54, 1.807) is 6.33 Å². The van der Waals surface area contributed by atoms with Gasteiger partial charge in [0.25, 0.3) is 0 Å². The Hall–Kier alpha value is -2.37. The fourth-order valence-corrected chi connectivity index (χ4v) is 3.68. The van der Waals surface area contributed by atoms with Gasteiger partial charge >= 0.3 is 0 Å². The van der Waals surface area contributed by atoms with Crippen LogP contribution in [0.4, 0.5) is 17.5 Å². The minimum absolute atomic E-state index is 0.964. The van der Waals surface area contributed by atoms with Crippen LogP contribution in [0.15, 0.2) is 30.6 Å². The van der Waals surface area contributed by atoms with E-state index in [0.717, 1.165) is 62.4 Å². The summed E-state index contributed by atoms with van der Waals surface area (Å²) in [6.45, 7) is 8.15. The quantitative estimate of drug-likeness (QED) is 0.857. The van der Waals surface area contributed by atoms with E-state index >= 15 is 0 Å². The molecule has 0 atom stereocenters. The summed E-state index contributed by atoms with van der Waals surface area (Å²) in [5.41, 5.74) is 1.07. The highest BCUT2D eigenvalue weighted by molar-refractivity contribution is 5.52. The molecule has 0 aromatic carbocycles. The molecule has 2 aromatic rings. The molecule has 6 heteroatoms. The second-order valence-electron chi connectivity index (χ2n) is 6.89. The van der Waals surface area contributed by atoms with E-state index in [-0.39, 0.29) is 0 Å². The molecule has 4 rings (SSSR count). The van der Waals surface area contributed by atoms with Crippen LogP contribution in [0.3, 0.4) is 0 Å². The largest absolute Gasteiger partial charge is 0.356 e. The molecule has 132 valence electrons. The first-order valence-corrected chi connectivity index (χ1v) is 9.30. The molecule has 0 radical (unpaired) electrons. The molecular weight excluding hydrogens is 312 g/mol. The third kappa shape index (κ3) is 3.67. The zero-order chi connectivity index (χ0) is 17.1. The van der Waals surface area contributed by atoms with Crippen molar-refractivity contribution in [3.63, 3.8) is 0 Å². The van der Waals surface area contributed by atoms with Gasteiger partial charge < -0.3 is 14.7 Å². The summed E-state index contributed by atoms with van der Waals surface area (Å²) in [4.78, 5) is 20.8. The first-order chi connectivity index (χ1) is 12.3. The zero-order valence-electron chi connectivity index (χ0n) is 14.9. The maximum atomic E-state index is 4.65. The van der Waals surface area contributed by atoms with Gasteiger partial charge in [0.15, 0.2) is 0 Å². The van der Waals surface area contributed by atoms with Gasteiger partial charge in [-0.3, -0.25) is 0 Å². The van der Waals surface area contributed by atoms with Crippen LogP contribution in [0.1, 0.15) is 25.0 Å². The van der Waals surface area contributed by atoms with Gasteiger partial charge in [-0.1, -0.05) is 6.07 Å². The van der Waals surface area contributed by atoms with Crippen LogP contribution in [0, 0.1) is 6.92 Å². The van der Waals surface area contributed by atoms with Crippen molar-refractivity contribution in [1.29, 1.82) is 0 Å². The van der Waals surface area contributed by atoms with Gasteiger partial charge in [-0.05, 0) is 38.3 Å². The van der Waals surface area contributed by atoms with E-state index in [2.05, 4.69) is 47.9 Å². The molecule has 2 saturated heterocycles. The molecule has 0 amide bonds. The predicted molar refractivity (Wildman–Crippen MR) is 101 cm³/mol. The Kier molecular flexibility index (Phi) is 4.68. The fraction of sp³-hybridized carbons (Fsp3) is 0.526. The number of piperazine rings is 1. The molecule has 4 heterocycles. The fourth-order valence-electron chi connectivity index (χ4n) is 3.68. The van der Waals surface area contributed by atoms with E-state index in [0.29, 0.717) is 0 Å². The highest BCUT2D eigenvalue weighted by Gasteiger charge is 2.20. The van der Waals surface area contributed by atoms with Gasteiger partial charge in [0, 0.05) is 51.0 Å². The number of piperidine rings is 1. The van der Waals surface area contributed by atoms with Crippen molar-refractivity contribution in [3.8, 4) is 0 Å². The normalized spacial score (nSPS) is 18.5. The molecule has 2 aliphatic rings. The molecule has 0 spiro atoms. The lowest BCUT2D eigenvalue weighted by atomic mass is 10.1. The van der Waals surface area contributed by atoms with Gasteiger partial charge in [0.05, 0.1) is 0 Å². The Morgan fingerprint density at radius 2 is 1.32 bits per heavy atom. The van der Waals surface area contributed by atoms with Crippen LogP contribution >= 0.6 is 0 Å². The molecule has 2 fully saturated rings. The topological polar surface area (TPSA) is 48.4 Å². The average Bonchev–Trinajstić information content (AvgIpc) is 2.69. The van der Waals surface area contributed by atoms with Gasteiger partial charge in [-0.2, -0.15) is 0 Å². The minimum atomic E-state index is 0.964. The number of rotatable bonds is 3. The Balaban J connectivity index is 1.42. The van der Waals surface area contributed by atoms with Crippen molar-refractivity contribution >= 4 is 17.5 Å². The molecule has 0 saturated carbocycles. The maximum Gasteiger partial charge on any atom is 0.134 e. The van der Waals surface area contributed by atoms with Crippen molar-refractivity contribution in [1.82, 2.24) is 15.0 Å². The van der Waals surface area contributed by atoms with Crippen LogP contribution in [0.5, 0.6) is 0 Å². The molecule has 0 unspecified atom stereocenters. The monoisotopic (exact) mass is 338 g/mol. The number of pyridine rings is 1. The lowest BCUT2D eigenvalue weighted by molar-refractivity contribution is 0.572. The third-order valence-corrected chi connectivity index (χ3v) is 5.12. The van der Waals surface area contributed by atoms with E-state index in [1.807, 2.05) is 13.0 Å². The number of aromatic nitrogens is 3. The maximum absolute atomic E-state index is 4.65. The summed E-state index contributed by atoms with van der Waals surface area (Å²) < 4.78 is 0. The van der Waals surface area contributed by atoms with Crippen LogP contribution in [-0.4, -0.2) is 54.2 Å². The standard InChI is InChI=1S/C19H26N6/c1-16-6-5-7-17(22-16)24-10-12-25(13-11-24)19-14-18(20-15-21-19)23-8-3-2-4-9-23/h5-7,14-15H,2-4,8-13H2,1H3. The van der Waals surface area contributed by atoms with Crippen molar-refractivity contribution in [2.45, 2.75) is 26.2 Å². The molecule has 0 N–H and O–H groups in total. The molecule has 0 bridgehead atoms. The summed E-state index contributed by atoms with van der Waals surface area (Å²) >= 11 is 0. The smallest absolute Gasteiger partial charge is 0.134 e. The Morgan fingerprint density at radius 1 is 0.720 bits per heavy atom. The molecular formula is C19H26N6. The van der Waals surface area contributed by atoms with Gasteiger partial charge in [-0.15, -0.1) is 0 Å². The van der Waals surface area contributed by atoms with Crippen LogP contribution < -0.4 is 14.7 Å². The van der Waals surface area contributed by atoms with Gasteiger partial charge in [0.2, 0.25) is 0 Å². The summed E-state index contributed by atoms with van der Waals surface area (Å²) in [5, 5.41) is 0. The molecule has 6 nitrogen and oxygen atoms in total. The molecule has 25 heavy (non-hydrogen) atoms. The third-order valence-electron chi connectivity index (χ3n) is 5.12. The summed E-state index contributed by atoms with van der Waals surface area (Å²) in [6, 6.07) is 8.38. The van der Waals surface area contributed by atoms with E-state index < -0.39 is 0 Å². The first-order valence-electron chi connectivity index (χ1n) is 9.30. The average molecular weight is 338 g/mol. The van der Waals surface area contributed by atoms with Crippen molar-refractivity contribution < 1.29 is 0 Å². The van der Waals surface area contributed by atoms with Gasteiger partial charge in [0.1, 0.15) is 23.8 Å². The lowest BCUT2D eigenvalue weighted by Gasteiger charge is -2.36. The lowest BCUT2D eigenvalue weighted by Crippen LogP contribution is -2.47. The number of aryl methyl sites for hydroxylation is 1. The number of hydrogen-bond donors (Lipinski definition) is 0. The second kappa shape index (κ2) is 7.25. The molecule has 2 aromatic heterocycles. The number of nitrogens with zero attached hydrogens (tertiary/aromatic N) is 6. The Labute approximate surface area is 149 Å². The zero-order valence-corrected chi connectivity index (χ0v) is 14.9. The SMILES string of the molecule is Cc1cccc(N2CCN(c3cc(N4CCCCC4)ncn3)CC2)n1. The van der Waals surface area contributed by atoms with Crippen molar-refractivity contribution in [3.05, 3.63) is 36.3 Å². The van der Waals surface area contributed by atoms with Crippen molar-refractivity contribution in [2.24, 2.45) is 0 Å². The molecule has 0 aliphatic carbocycles. The van der Waals surface area contributed by atoms with Crippen molar-refractivity contribution in [2.75, 3.05) is 54.0 Å². The van der Waals surface area contributed by atoms with E-state index in [1.165, 1.54) is 19.3 Å². The van der Waals surface area contributed by atoms with Crippen LogP contribution in [0.25, 0.3) is 0 Å². The summed E-state index contributed by atoms with van der Waals surface area (Å²) in [5.74, 6) is 3.20. The molecule has 2 aliphatic heterocycles. The minimum Gasteiger partial charge on any atom is -0.356 e. The number of hydrogen-bond acceptors (Lipinski definition) is 6. The Morgan fingerprint density at radius 3 is 1.96 bits per heavy atom. The predicted octanol–water partition coefficient (Wildman–Crippen LogP) is 2.50.